The Labute approximate surface area is 196 Å². The lowest BCUT2D eigenvalue weighted by Gasteiger charge is -2.17. The third-order valence-electron chi connectivity index (χ3n) is 5.60. The van der Waals surface area contributed by atoms with Gasteiger partial charge in [0, 0.05) is 5.92 Å². The predicted octanol–water partition coefficient (Wildman–Crippen LogP) is 3.90. The highest BCUT2D eigenvalue weighted by molar-refractivity contribution is 5.81. The number of carboxylic acids is 1. The van der Waals surface area contributed by atoms with Crippen LogP contribution in [-0.2, 0) is 20.9 Å². The van der Waals surface area contributed by atoms with E-state index in [9.17, 15) is 19.5 Å². The number of aliphatic carboxylic acids is 1. The zero-order chi connectivity index (χ0) is 23.9. The zero-order valence-corrected chi connectivity index (χ0v) is 18.3. The van der Waals surface area contributed by atoms with E-state index in [1.165, 1.54) is 0 Å². The molecule has 1 atom stereocenters. The quantitative estimate of drug-likeness (QED) is 0.470. The number of hydrogen-bond acceptors (Lipinski definition) is 5. The Balaban J connectivity index is 1.28. The van der Waals surface area contributed by atoms with Gasteiger partial charge < -0.3 is 25.2 Å². The van der Waals surface area contributed by atoms with Crippen molar-refractivity contribution in [2.24, 2.45) is 0 Å². The van der Waals surface area contributed by atoms with E-state index in [1.807, 2.05) is 54.6 Å². The van der Waals surface area contributed by atoms with Crippen LogP contribution in [0.25, 0.3) is 11.1 Å². The summed E-state index contributed by atoms with van der Waals surface area (Å²) in [6.45, 7) is -0.255. The van der Waals surface area contributed by atoms with Crippen LogP contribution >= 0.6 is 0 Å². The lowest BCUT2D eigenvalue weighted by molar-refractivity contribution is -0.139. The first-order valence-electron chi connectivity index (χ1n) is 10.8. The fraction of sp³-hybridized carbons (Fsp3) is 0.192. The minimum Gasteiger partial charge on any atom is -0.480 e. The number of rotatable bonds is 8. The number of hydrogen-bond donors (Lipinski definition) is 3. The molecule has 1 aliphatic rings. The molecule has 2 amide bonds. The van der Waals surface area contributed by atoms with E-state index in [4.69, 9.17) is 9.47 Å². The van der Waals surface area contributed by atoms with Crippen molar-refractivity contribution in [3.05, 3.63) is 95.6 Å². The van der Waals surface area contributed by atoms with Gasteiger partial charge in [0.1, 0.15) is 19.3 Å². The summed E-state index contributed by atoms with van der Waals surface area (Å²) in [5.74, 6) is -1.42. The Hall–Kier alpha value is -4.33. The van der Waals surface area contributed by atoms with E-state index in [-0.39, 0.29) is 25.7 Å². The zero-order valence-electron chi connectivity index (χ0n) is 18.3. The topological polar surface area (TPSA) is 114 Å². The van der Waals surface area contributed by atoms with E-state index in [0.717, 1.165) is 27.8 Å². The number of carbonyl (C=O) groups is 3. The summed E-state index contributed by atoms with van der Waals surface area (Å²) < 4.78 is 10.4. The highest BCUT2D eigenvalue weighted by Gasteiger charge is 2.29. The molecule has 0 bridgehead atoms. The maximum absolute atomic E-state index is 12.3. The number of carbonyl (C=O) groups excluding carboxylic acids is 2. The maximum atomic E-state index is 12.3. The minimum atomic E-state index is -1.37. The molecule has 8 nitrogen and oxygen atoms in total. The van der Waals surface area contributed by atoms with Gasteiger partial charge in [0.05, 0.1) is 6.54 Å². The van der Waals surface area contributed by atoms with Gasteiger partial charge in [-0.15, -0.1) is 0 Å². The van der Waals surface area contributed by atoms with Crippen molar-refractivity contribution in [2.75, 3.05) is 13.2 Å². The monoisotopic (exact) mass is 460 g/mol. The molecule has 0 unspecified atom stereocenters. The lowest BCUT2D eigenvalue weighted by Crippen LogP contribution is -2.48. The summed E-state index contributed by atoms with van der Waals surface area (Å²) >= 11 is 0. The van der Waals surface area contributed by atoms with Crippen molar-refractivity contribution in [2.45, 2.75) is 18.6 Å². The van der Waals surface area contributed by atoms with E-state index >= 15 is 0 Å². The van der Waals surface area contributed by atoms with Crippen LogP contribution in [0.1, 0.15) is 22.6 Å². The number of carboxylic acid groups (broad SMARTS) is 1. The molecule has 0 saturated heterocycles. The van der Waals surface area contributed by atoms with Crippen molar-refractivity contribution in [1.29, 1.82) is 0 Å². The highest BCUT2D eigenvalue weighted by atomic mass is 16.6. The third kappa shape index (κ3) is 5.35. The summed E-state index contributed by atoms with van der Waals surface area (Å²) in [6.07, 6.45) is -1.67. The Bertz CT molecular complexity index is 1140. The van der Waals surface area contributed by atoms with E-state index in [0.29, 0.717) is 0 Å². The molecule has 34 heavy (non-hydrogen) atoms. The Morgan fingerprint density at radius 2 is 1.38 bits per heavy atom. The number of benzene rings is 3. The summed E-state index contributed by atoms with van der Waals surface area (Å²) in [5, 5.41) is 14.0. The Morgan fingerprint density at radius 1 is 0.794 bits per heavy atom. The van der Waals surface area contributed by atoms with Gasteiger partial charge in [0.25, 0.3) is 0 Å². The number of alkyl carbamates (subject to hydrolysis) is 2. The van der Waals surface area contributed by atoms with Crippen LogP contribution in [0, 0.1) is 0 Å². The molecule has 3 aromatic carbocycles. The molecular weight excluding hydrogens is 436 g/mol. The van der Waals surface area contributed by atoms with Crippen LogP contribution in [0.4, 0.5) is 9.59 Å². The standard InChI is InChI=1S/C26H24N2O6/c29-24(30)23(28-26(32)33-15-17-8-2-1-3-9-17)14-27-25(31)34-16-22-20-12-6-4-10-18(20)19-11-5-7-13-21(19)22/h1-13,22-23H,14-16H2,(H,27,31)(H,28,32)(H,29,30)/t23-/m1/s1. The summed E-state index contributed by atoms with van der Waals surface area (Å²) in [4.78, 5) is 35.7. The second kappa shape index (κ2) is 10.5. The van der Waals surface area contributed by atoms with Crippen molar-refractivity contribution in [3.8, 4) is 11.1 Å². The van der Waals surface area contributed by atoms with Crippen LogP contribution in [0.3, 0.4) is 0 Å². The molecule has 8 heteroatoms. The molecule has 0 saturated carbocycles. The van der Waals surface area contributed by atoms with E-state index in [1.54, 1.807) is 24.3 Å². The van der Waals surface area contributed by atoms with Crippen LogP contribution in [0.2, 0.25) is 0 Å². The van der Waals surface area contributed by atoms with Crippen molar-refractivity contribution in [1.82, 2.24) is 10.6 Å². The van der Waals surface area contributed by atoms with Crippen molar-refractivity contribution in [3.63, 3.8) is 0 Å². The molecule has 3 aromatic rings. The van der Waals surface area contributed by atoms with Gasteiger partial charge >= 0.3 is 18.2 Å². The van der Waals surface area contributed by atoms with Crippen LogP contribution in [0.5, 0.6) is 0 Å². The smallest absolute Gasteiger partial charge is 0.408 e. The third-order valence-corrected chi connectivity index (χ3v) is 5.60. The predicted molar refractivity (Wildman–Crippen MR) is 124 cm³/mol. The van der Waals surface area contributed by atoms with Crippen LogP contribution in [0.15, 0.2) is 78.9 Å². The van der Waals surface area contributed by atoms with Crippen LogP contribution < -0.4 is 10.6 Å². The molecule has 0 radical (unpaired) electrons. The molecule has 174 valence electrons. The minimum absolute atomic E-state index is 0.00117. The Morgan fingerprint density at radius 3 is 2.00 bits per heavy atom. The maximum Gasteiger partial charge on any atom is 0.408 e. The molecule has 1 aliphatic carbocycles. The fourth-order valence-electron chi connectivity index (χ4n) is 3.94. The van der Waals surface area contributed by atoms with Gasteiger partial charge in [0.2, 0.25) is 0 Å². The molecule has 0 aromatic heterocycles. The largest absolute Gasteiger partial charge is 0.480 e. The SMILES string of the molecule is O=C(NC[C@@H](NC(=O)OCc1ccccc1)C(=O)O)OCC1c2ccccc2-c2ccccc21. The molecule has 0 heterocycles. The number of ether oxygens (including phenoxy) is 2. The molecular formula is C26H24N2O6. The first-order valence-corrected chi connectivity index (χ1v) is 10.8. The summed E-state index contributed by atoms with van der Waals surface area (Å²) in [6, 6.07) is 23.5. The van der Waals surface area contributed by atoms with Gasteiger partial charge in [-0.3, -0.25) is 0 Å². The van der Waals surface area contributed by atoms with Crippen molar-refractivity contribution >= 4 is 18.2 Å². The first kappa shape index (κ1) is 22.8. The number of fused-ring (bicyclic) bond motifs is 3. The van der Waals surface area contributed by atoms with Crippen molar-refractivity contribution < 1.29 is 29.0 Å². The van der Waals surface area contributed by atoms with E-state index < -0.39 is 24.2 Å². The molecule has 0 fully saturated rings. The normalized spacial score (nSPS) is 12.7. The summed E-state index contributed by atoms with van der Waals surface area (Å²) in [5.41, 5.74) is 5.12. The Kier molecular flexibility index (Phi) is 7.07. The van der Waals surface area contributed by atoms with Crippen LogP contribution in [-0.4, -0.2) is 42.5 Å². The second-order valence-corrected chi connectivity index (χ2v) is 7.80. The average molecular weight is 460 g/mol. The molecule has 3 N–H and O–H groups in total. The number of nitrogens with one attached hydrogen (secondary N) is 2. The first-order chi connectivity index (χ1) is 16.5. The van der Waals surface area contributed by atoms with E-state index in [2.05, 4.69) is 10.6 Å². The fourth-order valence-corrected chi connectivity index (χ4v) is 3.94. The van der Waals surface area contributed by atoms with Gasteiger partial charge in [-0.1, -0.05) is 78.9 Å². The van der Waals surface area contributed by atoms with Gasteiger partial charge in [-0.05, 0) is 27.8 Å². The highest BCUT2D eigenvalue weighted by Crippen LogP contribution is 2.44. The summed E-state index contributed by atoms with van der Waals surface area (Å²) in [7, 11) is 0. The van der Waals surface area contributed by atoms with Gasteiger partial charge in [0.15, 0.2) is 0 Å². The lowest BCUT2D eigenvalue weighted by atomic mass is 9.98. The molecule has 0 aliphatic heterocycles. The molecule has 0 spiro atoms. The van der Waals surface area contributed by atoms with Gasteiger partial charge in [-0.2, -0.15) is 0 Å². The second-order valence-electron chi connectivity index (χ2n) is 7.80. The molecule has 4 rings (SSSR count). The van der Waals surface area contributed by atoms with Gasteiger partial charge in [-0.25, -0.2) is 14.4 Å². The number of amides is 2. The average Bonchev–Trinajstić information content (AvgIpc) is 3.18.